The first-order chi connectivity index (χ1) is 8.50. The summed E-state index contributed by atoms with van der Waals surface area (Å²) in [5.41, 5.74) is 6.25. The van der Waals surface area contributed by atoms with Crippen LogP contribution in [0, 0.1) is 17.1 Å². The molecule has 0 radical (unpaired) electrons. The lowest BCUT2D eigenvalue weighted by Crippen LogP contribution is -2.42. The van der Waals surface area contributed by atoms with Gasteiger partial charge in [0.15, 0.2) is 0 Å². The molecule has 4 nitrogen and oxygen atoms in total. The molecule has 1 aromatic rings. The Morgan fingerprint density at radius 1 is 1.56 bits per heavy atom. The van der Waals surface area contributed by atoms with Crippen molar-refractivity contribution in [3.63, 3.8) is 0 Å². The fourth-order valence-corrected chi connectivity index (χ4v) is 2.39. The number of rotatable bonds is 2. The van der Waals surface area contributed by atoms with Gasteiger partial charge >= 0.3 is 0 Å². The van der Waals surface area contributed by atoms with Crippen LogP contribution in [0.25, 0.3) is 0 Å². The number of aliphatic hydroxyl groups is 1. The third-order valence-electron chi connectivity index (χ3n) is 3.46. The molecule has 1 aliphatic heterocycles. The van der Waals surface area contributed by atoms with Crippen molar-refractivity contribution in [3.05, 3.63) is 29.6 Å². The molecule has 98 valence electrons. The molecular weight excluding hydrogens is 233 g/mol. The first-order valence-corrected chi connectivity index (χ1v) is 6.06. The molecule has 1 aromatic carbocycles. The lowest BCUT2D eigenvalue weighted by atomic mass is 9.95. The molecule has 4 N–H and O–H groups in total. The van der Waals surface area contributed by atoms with Gasteiger partial charge in [-0.25, -0.2) is 4.39 Å². The Hall–Kier alpha value is -1.62. The number of aliphatic hydroxyl groups excluding tert-OH is 1. The Kier molecular flexibility index (Phi) is 3.52. The average molecular weight is 251 g/mol. The highest BCUT2D eigenvalue weighted by atomic mass is 19.1. The maximum absolute atomic E-state index is 13.7. The van der Waals surface area contributed by atoms with E-state index in [-0.39, 0.29) is 23.4 Å². The van der Waals surface area contributed by atoms with Crippen LogP contribution in [0.15, 0.2) is 18.2 Å². The summed E-state index contributed by atoms with van der Waals surface area (Å²) in [6.45, 7) is 3.25. The molecule has 1 saturated heterocycles. The standard InChI is InChI=1S/C13H18FN3O/c1-8-7-17(6-5-11(8)18)10-4-2-3-9(14)12(10)13(15)16/h2-4,8,11,18H,5-7H2,1H3,(H3,15,16). The van der Waals surface area contributed by atoms with Gasteiger partial charge in [0.25, 0.3) is 0 Å². The van der Waals surface area contributed by atoms with Gasteiger partial charge in [0.1, 0.15) is 11.7 Å². The zero-order chi connectivity index (χ0) is 13.3. The summed E-state index contributed by atoms with van der Waals surface area (Å²) < 4.78 is 13.7. The number of benzene rings is 1. The fraction of sp³-hybridized carbons (Fsp3) is 0.462. The van der Waals surface area contributed by atoms with Gasteiger partial charge in [0.2, 0.25) is 0 Å². The zero-order valence-corrected chi connectivity index (χ0v) is 10.4. The molecule has 0 bridgehead atoms. The number of hydrogen-bond acceptors (Lipinski definition) is 3. The first kappa shape index (κ1) is 12.8. The van der Waals surface area contributed by atoms with E-state index in [0.29, 0.717) is 25.2 Å². The predicted octanol–water partition coefficient (Wildman–Crippen LogP) is 1.32. The molecule has 2 unspecified atom stereocenters. The number of amidine groups is 1. The predicted molar refractivity (Wildman–Crippen MR) is 69.4 cm³/mol. The number of hydrogen-bond donors (Lipinski definition) is 3. The summed E-state index contributed by atoms with van der Waals surface area (Å²) >= 11 is 0. The smallest absolute Gasteiger partial charge is 0.136 e. The van der Waals surface area contributed by atoms with Gasteiger partial charge in [-0.2, -0.15) is 0 Å². The molecule has 18 heavy (non-hydrogen) atoms. The van der Waals surface area contributed by atoms with Crippen LogP contribution in [0.1, 0.15) is 18.9 Å². The van der Waals surface area contributed by atoms with Crippen molar-refractivity contribution in [1.29, 1.82) is 5.41 Å². The number of nitrogen functional groups attached to an aromatic ring is 1. The maximum Gasteiger partial charge on any atom is 0.136 e. The molecule has 0 spiro atoms. The molecule has 5 heteroatoms. The SMILES string of the molecule is CC1CN(c2cccc(F)c2C(=N)N)CCC1O. The van der Waals surface area contributed by atoms with Crippen molar-refractivity contribution in [1.82, 2.24) is 0 Å². The minimum atomic E-state index is -0.473. The van der Waals surface area contributed by atoms with Crippen LogP contribution in [-0.2, 0) is 0 Å². The second-order valence-electron chi connectivity index (χ2n) is 4.83. The van der Waals surface area contributed by atoms with Crippen LogP contribution >= 0.6 is 0 Å². The minimum absolute atomic E-state index is 0.127. The maximum atomic E-state index is 13.7. The molecule has 1 fully saturated rings. The highest BCUT2D eigenvalue weighted by Crippen LogP contribution is 2.27. The molecule has 0 aromatic heterocycles. The quantitative estimate of drug-likeness (QED) is 0.548. The second-order valence-corrected chi connectivity index (χ2v) is 4.83. The van der Waals surface area contributed by atoms with Crippen molar-refractivity contribution in [2.45, 2.75) is 19.4 Å². The van der Waals surface area contributed by atoms with Gasteiger partial charge in [-0.1, -0.05) is 13.0 Å². The molecule has 0 amide bonds. The molecule has 0 aliphatic carbocycles. The normalized spacial score (nSPS) is 24.1. The van der Waals surface area contributed by atoms with E-state index in [4.69, 9.17) is 11.1 Å². The summed E-state index contributed by atoms with van der Waals surface area (Å²) in [5.74, 6) is -0.609. The van der Waals surface area contributed by atoms with E-state index in [9.17, 15) is 9.50 Å². The summed E-state index contributed by atoms with van der Waals surface area (Å²) in [6, 6.07) is 4.69. The third kappa shape index (κ3) is 2.31. The van der Waals surface area contributed by atoms with Crippen LogP contribution in [0.4, 0.5) is 10.1 Å². The lowest BCUT2D eigenvalue weighted by Gasteiger charge is -2.36. The van der Waals surface area contributed by atoms with Crippen LogP contribution in [0.5, 0.6) is 0 Å². The van der Waals surface area contributed by atoms with E-state index < -0.39 is 5.82 Å². The Bertz CT molecular complexity index is 464. The third-order valence-corrected chi connectivity index (χ3v) is 3.46. The zero-order valence-electron chi connectivity index (χ0n) is 10.4. The lowest BCUT2D eigenvalue weighted by molar-refractivity contribution is 0.0971. The Labute approximate surface area is 106 Å². The van der Waals surface area contributed by atoms with Gasteiger partial charge in [0, 0.05) is 13.1 Å². The number of nitrogens with two attached hydrogens (primary N) is 1. The number of nitrogens with one attached hydrogen (secondary N) is 1. The average Bonchev–Trinajstić information content (AvgIpc) is 2.32. The monoisotopic (exact) mass is 251 g/mol. The molecule has 0 saturated carbocycles. The van der Waals surface area contributed by atoms with Crippen molar-refractivity contribution in [3.8, 4) is 0 Å². The van der Waals surface area contributed by atoms with E-state index in [2.05, 4.69) is 0 Å². The van der Waals surface area contributed by atoms with Gasteiger partial charge in [0.05, 0.1) is 17.4 Å². The van der Waals surface area contributed by atoms with E-state index >= 15 is 0 Å². The number of anilines is 1. The fourth-order valence-electron chi connectivity index (χ4n) is 2.39. The van der Waals surface area contributed by atoms with E-state index in [1.54, 1.807) is 12.1 Å². The summed E-state index contributed by atoms with van der Waals surface area (Å²) in [7, 11) is 0. The van der Waals surface area contributed by atoms with Gasteiger partial charge in [-0.3, -0.25) is 5.41 Å². The van der Waals surface area contributed by atoms with Gasteiger partial charge < -0.3 is 15.7 Å². The largest absolute Gasteiger partial charge is 0.393 e. The van der Waals surface area contributed by atoms with E-state index in [0.717, 1.165) is 0 Å². The molecular formula is C13H18FN3O. The Morgan fingerprint density at radius 3 is 2.89 bits per heavy atom. The summed E-state index contributed by atoms with van der Waals surface area (Å²) in [4.78, 5) is 1.98. The van der Waals surface area contributed by atoms with Crippen LogP contribution < -0.4 is 10.6 Å². The molecule has 1 heterocycles. The number of nitrogens with zero attached hydrogens (tertiary/aromatic N) is 1. The summed E-state index contributed by atoms with van der Waals surface area (Å²) in [5, 5.41) is 17.2. The van der Waals surface area contributed by atoms with Crippen molar-refractivity contribution in [2.24, 2.45) is 11.7 Å². The van der Waals surface area contributed by atoms with Crippen LogP contribution in [0.2, 0.25) is 0 Å². The molecule has 2 rings (SSSR count). The van der Waals surface area contributed by atoms with E-state index in [1.807, 2.05) is 11.8 Å². The van der Waals surface area contributed by atoms with Crippen molar-refractivity contribution in [2.75, 3.05) is 18.0 Å². The molecule has 1 aliphatic rings. The van der Waals surface area contributed by atoms with Crippen molar-refractivity contribution >= 4 is 11.5 Å². The van der Waals surface area contributed by atoms with Crippen molar-refractivity contribution < 1.29 is 9.50 Å². The highest BCUT2D eigenvalue weighted by molar-refractivity contribution is 6.00. The topological polar surface area (TPSA) is 73.3 Å². The van der Waals surface area contributed by atoms with Crippen LogP contribution in [0.3, 0.4) is 0 Å². The number of piperidine rings is 1. The van der Waals surface area contributed by atoms with Gasteiger partial charge in [-0.05, 0) is 24.5 Å². The molecule has 2 atom stereocenters. The Morgan fingerprint density at radius 2 is 2.28 bits per heavy atom. The first-order valence-electron chi connectivity index (χ1n) is 6.06. The highest BCUT2D eigenvalue weighted by Gasteiger charge is 2.26. The second kappa shape index (κ2) is 4.94. The number of halogens is 1. The minimum Gasteiger partial charge on any atom is -0.393 e. The van der Waals surface area contributed by atoms with Crippen LogP contribution in [-0.4, -0.2) is 30.1 Å². The van der Waals surface area contributed by atoms with E-state index in [1.165, 1.54) is 6.07 Å². The Balaban J connectivity index is 2.34. The van der Waals surface area contributed by atoms with Gasteiger partial charge in [-0.15, -0.1) is 0 Å². The summed E-state index contributed by atoms with van der Waals surface area (Å²) in [6.07, 6.45) is 0.338.